The first-order valence-corrected chi connectivity index (χ1v) is 8.49. The fourth-order valence-electron chi connectivity index (χ4n) is 3.51. The summed E-state index contributed by atoms with van der Waals surface area (Å²) in [5.74, 6) is 0.0282. The summed E-state index contributed by atoms with van der Waals surface area (Å²) in [7, 11) is 5.86. The largest absolute Gasteiger partial charge is 0.347 e. The number of carbonyl (C=O) groups excluding carboxylic acids is 1. The number of rotatable bonds is 4. The van der Waals surface area contributed by atoms with Crippen molar-refractivity contribution in [2.75, 3.05) is 14.1 Å². The first-order chi connectivity index (χ1) is 11.4. The molecule has 1 aromatic carbocycles. The second-order valence-electron chi connectivity index (χ2n) is 6.92. The molecule has 0 aliphatic heterocycles. The van der Waals surface area contributed by atoms with Crippen LogP contribution in [0.1, 0.15) is 42.6 Å². The zero-order chi connectivity index (χ0) is 17.3. The van der Waals surface area contributed by atoms with Gasteiger partial charge in [0, 0.05) is 18.3 Å². The fraction of sp³-hybridized carbons (Fsp3) is 0.474. The van der Waals surface area contributed by atoms with Crippen LogP contribution in [0.4, 0.5) is 0 Å². The van der Waals surface area contributed by atoms with Gasteiger partial charge in [0.2, 0.25) is 5.91 Å². The molecule has 1 heterocycles. The van der Waals surface area contributed by atoms with E-state index in [9.17, 15) is 4.79 Å². The number of aryl methyl sites for hydroxylation is 1. The normalized spacial score (nSPS) is 19.6. The van der Waals surface area contributed by atoms with E-state index in [1.807, 2.05) is 74.2 Å². The molecule has 5 heteroatoms. The highest BCUT2D eigenvalue weighted by Crippen LogP contribution is 2.32. The van der Waals surface area contributed by atoms with Gasteiger partial charge in [0.1, 0.15) is 5.54 Å². The van der Waals surface area contributed by atoms with Crippen molar-refractivity contribution in [3.63, 3.8) is 0 Å². The van der Waals surface area contributed by atoms with Crippen LogP contribution < -0.4 is 5.32 Å². The van der Waals surface area contributed by atoms with Gasteiger partial charge in [0.25, 0.3) is 0 Å². The third kappa shape index (κ3) is 2.73. The molecule has 1 amide bonds. The quantitative estimate of drug-likeness (QED) is 0.938. The van der Waals surface area contributed by atoms with Gasteiger partial charge >= 0.3 is 0 Å². The SMILES string of the molecule is CN(C)[C@@](C)(C(=O)N[C@H]1CCCc2c1cnn2C)c1ccccc1. The van der Waals surface area contributed by atoms with Gasteiger partial charge in [-0.15, -0.1) is 0 Å². The minimum atomic E-state index is -0.707. The number of hydrogen-bond donors (Lipinski definition) is 1. The monoisotopic (exact) mass is 326 g/mol. The molecule has 1 aliphatic rings. The Morgan fingerprint density at radius 1 is 1.33 bits per heavy atom. The van der Waals surface area contributed by atoms with E-state index < -0.39 is 5.54 Å². The molecular weight excluding hydrogens is 300 g/mol. The third-order valence-electron chi connectivity index (χ3n) is 5.35. The number of amides is 1. The second-order valence-corrected chi connectivity index (χ2v) is 6.92. The molecule has 0 bridgehead atoms. The van der Waals surface area contributed by atoms with Crippen LogP contribution in [0, 0.1) is 0 Å². The van der Waals surface area contributed by atoms with Crippen LogP contribution in [0.15, 0.2) is 36.5 Å². The minimum absolute atomic E-state index is 0.0282. The van der Waals surface area contributed by atoms with E-state index in [-0.39, 0.29) is 11.9 Å². The van der Waals surface area contributed by atoms with E-state index in [4.69, 9.17) is 0 Å². The Labute approximate surface area is 143 Å². The van der Waals surface area contributed by atoms with Gasteiger partial charge < -0.3 is 5.32 Å². The Hall–Kier alpha value is -2.14. The van der Waals surface area contributed by atoms with Crippen molar-refractivity contribution in [1.29, 1.82) is 0 Å². The highest BCUT2D eigenvalue weighted by Gasteiger charge is 2.39. The summed E-state index contributed by atoms with van der Waals surface area (Å²) in [4.78, 5) is 15.2. The average molecular weight is 326 g/mol. The van der Waals surface area contributed by atoms with E-state index in [1.165, 1.54) is 5.69 Å². The maximum absolute atomic E-state index is 13.2. The van der Waals surface area contributed by atoms with E-state index in [1.54, 1.807) is 0 Å². The summed E-state index contributed by atoms with van der Waals surface area (Å²) in [6.07, 6.45) is 4.96. The van der Waals surface area contributed by atoms with Gasteiger partial charge in [-0.1, -0.05) is 30.3 Å². The maximum atomic E-state index is 13.2. The minimum Gasteiger partial charge on any atom is -0.347 e. The Balaban J connectivity index is 1.88. The number of carbonyl (C=O) groups is 1. The molecule has 0 radical (unpaired) electrons. The van der Waals surface area contributed by atoms with Crippen molar-refractivity contribution in [2.24, 2.45) is 7.05 Å². The van der Waals surface area contributed by atoms with Crippen LogP contribution >= 0.6 is 0 Å². The Bertz CT molecular complexity index is 722. The summed E-state index contributed by atoms with van der Waals surface area (Å²) >= 11 is 0. The highest BCUT2D eigenvalue weighted by atomic mass is 16.2. The molecule has 24 heavy (non-hydrogen) atoms. The molecule has 3 rings (SSSR count). The highest BCUT2D eigenvalue weighted by molar-refractivity contribution is 5.87. The smallest absolute Gasteiger partial charge is 0.245 e. The van der Waals surface area contributed by atoms with Crippen molar-refractivity contribution in [3.8, 4) is 0 Å². The fourth-order valence-corrected chi connectivity index (χ4v) is 3.51. The molecule has 0 fully saturated rings. The number of aromatic nitrogens is 2. The lowest BCUT2D eigenvalue weighted by Crippen LogP contribution is -2.52. The van der Waals surface area contributed by atoms with Crippen molar-refractivity contribution in [3.05, 3.63) is 53.3 Å². The Morgan fingerprint density at radius 2 is 2.04 bits per heavy atom. The Morgan fingerprint density at radius 3 is 2.71 bits per heavy atom. The number of likely N-dealkylation sites (N-methyl/N-ethyl adjacent to an activating group) is 1. The van der Waals surface area contributed by atoms with Gasteiger partial charge in [-0.3, -0.25) is 14.4 Å². The molecule has 0 saturated carbocycles. The van der Waals surface area contributed by atoms with Crippen molar-refractivity contribution >= 4 is 5.91 Å². The van der Waals surface area contributed by atoms with E-state index >= 15 is 0 Å². The number of nitrogens with one attached hydrogen (secondary N) is 1. The van der Waals surface area contributed by atoms with Crippen molar-refractivity contribution in [2.45, 2.75) is 37.8 Å². The van der Waals surface area contributed by atoms with Crippen LogP contribution in [0.2, 0.25) is 0 Å². The summed E-state index contributed by atoms with van der Waals surface area (Å²) < 4.78 is 1.93. The van der Waals surface area contributed by atoms with Crippen molar-refractivity contribution in [1.82, 2.24) is 20.0 Å². The molecular formula is C19H26N4O. The van der Waals surface area contributed by atoms with Gasteiger partial charge in [0.05, 0.1) is 12.2 Å². The van der Waals surface area contributed by atoms with Crippen LogP contribution in [0.3, 0.4) is 0 Å². The summed E-state index contributed by atoms with van der Waals surface area (Å²) in [6, 6.07) is 9.99. The molecule has 128 valence electrons. The van der Waals surface area contributed by atoms with E-state index in [0.717, 1.165) is 30.4 Å². The Kier molecular flexibility index (Phi) is 4.45. The third-order valence-corrected chi connectivity index (χ3v) is 5.35. The molecule has 0 spiro atoms. The molecule has 0 saturated heterocycles. The molecule has 1 N–H and O–H groups in total. The lowest BCUT2D eigenvalue weighted by Gasteiger charge is -2.37. The number of fused-ring (bicyclic) bond motifs is 1. The molecule has 1 aromatic heterocycles. The zero-order valence-electron chi connectivity index (χ0n) is 14.9. The van der Waals surface area contributed by atoms with Crippen LogP contribution in [0.25, 0.3) is 0 Å². The molecule has 5 nitrogen and oxygen atoms in total. The summed E-state index contributed by atoms with van der Waals surface area (Å²) in [6.45, 7) is 1.98. The lowest BCUT2D eigenvalue weighted by atomic mass is 9.87. The maximum Gasteiger partial charge on any atom is 0.245 e. The molecule has 1 aliphatic carbocycles. The van der Waals surface area contributed by atoms with Gasteiger partial charge in [0.15, 0.2) is 0 Å². The van der Waals surface area contributed by atoms with Crippen LogP contribution in [-0.4, -0.2) is 34.7 Å². The number of benzene rings is 1. The van der Waals surface area contributed by atoms with E-state index in [0.29, 0.717) is 0 Å². The first-order valence-electron chi connectivity index (χ1n) is 8.49. The van der Waals surface area contributed by atoms with Crippen molar-refractivity contribution < 1.29 is 4.79 Å². The molecule has 2 atom stereocenters. The summed E-state index contributed by atoms with van der Waals surface area (Å²) in [5, 5.41) is 7.64. The first kappa shape index (κ1) is 16.7. The average Bonchev–Trinajstić information content (AvgIpc) is 2.97. The number of hydrogen-bond acceptors (Lipinski definition) is 3. The lowest BCUT2D eigenvalue weighted by molar-refractivity contribution is -0.132. The number of nitrogens with zero attached hydrogens (tertiary/aromatic N) is 3. The van der Waals surface area contributed by atoms with Crippen LogP contribution in [-0.2, 0) is 23.8 Å². The molecule has 0 unspecified atom stereocenters. The standard InChI is InChI=1S/C19H26N4O/c1-19(22(2)3,14-9-6-5-7-10-14)18(24)21-16-11-8-12-17-15(16)13-20-23(17)4/h5-7,9-10,13,16H,8,11-12H2,1-4H3,(H,21,24)/t16-,19+/m0/s1. The van der Waals surface area contributed by atoms with Gasteiger partial charge in [-0.05, 0) is 45.8 Å². The molecule has 2 aromatic rings. The van der Waals surface area contributed by atoms with Gasteiger partial charge in [-0.25, -0.2) is 0 Å². The predicted octanol–water partition coefficient (Wildman–Crippen LogP) is 2.39. The second kappa shape index (κ2) is 6.40. The zero-order valence-corrected chi connectivity index (χ0v) is 14.9. The van der Waals surface area contributed by atoms with Gasteiger partial charge in [-0.2, -0.15) is 5.10 Å². The van der Waals surface area contributed by atoms with E-state index in [2.05, 4.69) is 10.4 Å². The predicted molar refractivity (Wildman–Crippen MR) is 94.5 cm³/mol. The summed E-state index contributed by atoms with van der Waals surface area (Å²) in [5.41, 5.74) is 2.68. The topological polar surface area (TPSA) is 50.2 Å². The van der Waals surface area contributed by atoms with Crippen LogP contribution in [0.5, 0.6) is 0 Å².